The first kappa shape index (κ1) is 32.6. The number of carbonyl (C=O) groups is 2. The normalized spacial score (nSPS) is 16.0. The number of hydrogen-bond acceptors (Lipinski definition) is 10. The molecule has 0 radical (unpaired) electrons. The van der Waals surface area contributed by atoms with Gasteiger partial charge in [-0.3, -0.25) is 9.59 Å². The van der Waals surface area contributed by atoms with E-state index in [9.17, 15) is 9.59 Å². The fourth-order valence-corrected chi connectivity index (χ4v) is 5.99. The second-order valence-electron chi connectivity index (χ2n) is 10.6. The summed E-state index contributed by atoms with van der Waals surface area (Å²) in [6.07, 6.45) is 0.240. The molecular weight excluding hydrogens is 614 g/mol. The van der Waals surface area contributed by atoms with Gasteiger partial charge in [-0.05, 0) is 60.5 Å². The van der Waals surface area contributed by atoms with Crippen LogP contribution in [0.4, 0.5) is 5.69 Å². The number of hydrogen-bond donors (Lipinski definition) is 0. The lowest BCUT2D eigenvalue weighted by molar-refractivity contribution is -0.142. The van der Waals surface area contributed by atoms with Crippen LogP contribution in [0.3, 0.4) is 0 Å². The molecule has 242 valence electrons. The maximum atomic E-state index is 14.7. The summed E-state index contributed by atoms with van der Waals surface area (Å²) >= 11 is 6.61. The number of halogens is 1. The topological polar surface area (TPSA) is 127 Å². The monoisotopic (exact) mass is 649 g/mol. The lowest BCUT2D eigenvalue weighted by Crippen LogP contribution is -2.37. The van der Waals surface area contributed by atoms with Crippen LogP contribution in [-0.4, -0.2) is 67.1 Å². The van der Waals surface area contributed by atoms with Crippen LogP contribution in [0.25, 0.3) is 0 Å². The summed E-state index contributed by atoms with van der Waals surface area (Å²) in [5.74, 6) is 0.981. The molecule has 1 amide bonds. The summed E-state index contributed by atoms with van der Waals surface area (Å²) in [6, 6.07) is 16.7. The minimum Gasteiger partial charge on any atom is -0.497 e. The molecule has 0 spiro atoms. The van der Waals surface area contributed by atoms with Crippen molar-refractivity contribution in [3.8, 4) is 23.0 Å². The molecule has 2 atom stereocenters. The van der Waals surface area contributed by atoms with Crippen LogP contribution in [0.2, 0.25) is 5.02 Å². The van der Waals surface area contributed by atoms with E-state index in [0.29, 0.717) is 40.1 Å². The number of ether oxygens (including phenoxy) is 5. The van der Waals surface area contributed by atoms with Crippen molar-refractivity contribution in [1.29, 1.82) is 0 Å². The van der Waals surface area contributed by atoms with Crippen LogP contribution in [0.15, 0.2) is 54.6 Å². The van der Waals surface area contributed by atoms with E-state index < -0.39 is 11.9 Å². The van der Waals surface area contributed by atoms with Crippen molar-refractivity contribution < 1.29 is 33.3 Å². The Labute approximate surface area is 272 Å². The highest BCUT2D eigenvalue weighted by molar-refractivity contribution is 6.30. The van der Waals surface area contributed by atoms with Crippen LogP contribution in [0.5, 0.6) is 23.0 Å². The fourth-order valence-electron chi connectivity index (χ4n) is 5.81. The predicted octanol–water partition coefficient (Wildman–Crippen LogP) is 4.85. The van der Waals surface area contributed by atoms with Crippen molar-refractivity contribution in [2.75, 3.05) is 39.9 Å². The molecule has 2 heterocycles. The minimum absolute atomic E-state index is 0.107. The fraction of sp³-hybridized carbons (Fsp3) is 0.364. The number of anilines is 1. The molecule has 3 aromatic carbocycles. The Morgan fingerprint density at radius 3 is 2.48 bits per heavy atom. The quantitative estimate of drug-likeness (QED) is 0.197. The van der Waals surface area contributed by atoms with E-state index in [1.54, 1.807) is 52.4 Å². The standard InChI is InChI=1S/C33H36ClN5O7/c1-6-46-31(40)17-30-35-37-39(36-30)19-21-14-25(24-8-7-9-28(43-3)32(24)45-5)26-15-22(34)11-13-27(26)38(33(21)41)18-20-10-12-23(42-2)16-29(20)44-4/h7-13,15-16,21,25H,6,14,17-19H2,1-5H3. The number of rotatable bonds is 12. The van der Waals surface area contributed by atoms with Crippen molar-refractivity contribution >= 4 is 29.2 Å². The highest BCUT2D eigenvalue weighted by Crippen LogP contribution is 2.47. The maximum absolute atomic E-state index is 14.7. The Balaban J connectivity index is 1.62. The highest BCUT2D eigenvalue weighted by atomic mass is 35.5. The number of amides is 1. The zero-order valence-corrected chi connectivity index (χ0v) is 27.1. The van der Waals surface area contributed by atoms with Gasteiger partial charge in [0, 0.05) is 33.8 Å². The maximum Gasteiger partial charge on any atom is 0.313 e. The first-order chi connectivity index (χ1) is 22.3. The summed E-state index contributed by atoms with van der Waals surface area (Å²) in [6.45, 7) is 2.29. The molecule has 12 nitrogen and oxygen atoms in total. The summed E-state index contributed by atoms with van der Waals surface area (Å²) in [7, 11) is 6.33. The van der Waals surface area contributed by atoms with E-state index in [2.05, 4.69) is 15.4 Å². The molecule has 0 N–H and O–H groups in total. The zero-order chi connectivity index (χ0) is 32.8. The average Bonchev–Trinajstić information content (AvgIpc) is 3.47. The van der Waals surface area contributed by atoms with Gasteiger partial charge in [0.05, 0.1) is 54.1 Å². The van der Waals surface area contributed by atoms with Gasteiger partial charge in [0.25, 0.3) is 0 Å². The summed E-state index contributed by atoms with van der Waals surface area (Å²) in [5.41, 5.74) is 3.15. The first-order valence-corrected chi connectivity index (χ1v) is 15.1. The molecule has 5 rings (SSSR count). The number of tetrazole rings is 1. The van der Waals surface area contributed by atoms with Crippen LogP contribution in [-0.2, 0) is 33.8 Å². The van der Waals surface area contributed by atoms with Crippen molar-refractivity contribution in [3.05, 3.63) is 82.1 Å². The van der Waals surface area contributed by atoms with Gasteiger partial charge >= 0.3 is 5.97 Å². The van der Waals surface area contributed by atoms with Gasteiger partial charge < -0.3 is 28.6 Å². The summed E-state index contributed by atoms with van der Waals surface area (Å²) in [4.78, 5) is 29.8. The molecule has 2 unspecified atom stereocenters. The first-order valence-electron chi connectivity index (χ1n) is 14.7. The number of para-hydroxylation sites is 1. The second-order valence-corrected chi connectivity index (χ2v) is 11.1. The largest absolute Gasteiger partial charge is 0.497 e. The van der Waals surface area contributed by atoms with E-state index in [-0.39, 0.29) is 43.8 Å². The Hall–Kier alpha value is -4.84. The molecule has 1 aromatic heterocycles. The lowest BCUT2D eigenvalue weighted by Gasteiger charge is -2.27. The highest BCUT2D eigenvalue weighted by Gasteiger charge is 2.38. The van der Waals surface area contributed by atoms with E-state index in [1.165, 1.54) is 4.80 Å². The molecular formula is C33H36ClN5O7. The number of esters is 1. The predicted molar refractivity (Wildman–Crippen MR) is 170 cm³/mol. The Morgan fingerprint density at radius 1 is 0.957 bits per heavy atom. The van der Waals surface area contributed by atoms with E-state index >= 15 is 0 Å². The number of benzene rings is 3. The van der Waals surface area contributed by atoms with Gasteiger partial charge in [0.15, 0.2) is 17.3 Å². The zero-order valence-electron chi connectivity index (χ0n) is 26.4. The van der Waals surface area contributed by atoms with Gasteiger partial charge in [-0.15, -0.1) is 10.2 Å². The molecule has 1 aliphatic heterocycles. The molecule has 13 heteroatoms. The van der Waals surface area contributed by atoms with Crippen molar-refractivity contribution in [2.45, 2.75) is 38.8 Å². The van der Waals surface area contributed by atoms with Gasteiger partial charge in [-0.25, -0.2) is 0 Å². The molecule has 0 saturated carbocycles. The third-order valence-corrected chi connectivity index (χ3v) is 8.14. The number of carbonyl (C=O) groups excluding carboxylic acids is 2. The molecule has 0 aliphatic carbocycles. The van der Waals surface area contributed by atoms with Crippen molar-refractivity contribution in [1.82, 2.24) is 20.2 Å². The number of methoxy groups -OCH3 is 4. The van der Waals surface area contributed by atoms with Crippen molar-refractivity contribution in [3.63, 3.8) is 0 Å². The van der Waals surface area contributed by atoms with Gasteiger partial charge in [-0.2, -0.15) is 4.80 Å². The van der Waals surface area contributed by atoms with Crippen LogP contribution < -0.4 is 23.8 Å². The molecule has 46 heavy (non-hydrogen) atoms. The number of nitrogens with zero attached hydrogens (tertiary/aromatic N) is 5. The molecule has 4 aromatic rings. The van der Waals surface area contributed by atoms with Gasteiger partial charge in [-0.1, -0.05) is 23.7 Å². The SMILES string of the molecule is CCOC(=O)Cc1nnn(CC2CC(c3cccc(OC)c3OC)c3cc(Cl)ccc3N(Cc3ccc(OC)cc3OC)C2=O)n1. The van der Waals surface area contributed by atoms with E-state index in [4.69, 9.17) is 35.3 Å². The molecule has 0 saturated heterocycles. The minimum atomic E-state index is -0.624. The summed E-state index contributed by atoms with van der Waals surface area (Å²) < 4.78 is 27.6. The van der Waals surface area contributed by atoms with Crippen LogP contribution in [0, 0.1) is 5.92 Å². The van der Waals surface area contributed by atoms with Crippen LogP contribution in [0.1, 0.15) is 41.8 Å². The summed E-state index contributed by atoms with van der Waals surface area (Å²) in [5, 5.41) is 13.1. The van der Waals surface area contributed by atoms with Gasteiger partial charge in [0.1, 0.15) is 17.9 Å². The lowest BCUT2D eigenvalue weighted by atomic mass is 9.83. The van der Waals surface area contributed by atoms with Crippen molar-refractivity contribution in [2.24, 2.45) is 5.92 Å². The Kier molecular flexibility index (Phi) is 10.3. The molecule has 1 aliphatic rings. The molecule has 0 fully saturated rings. The molecule has 0 bridgehead atoms. The Bertz CT molecular complexity index is 1710. The average molecular weight is 650 g/mol. The third kappa shape index (κ3) is 6.86. The Morgan fingerprint density at radius 2 is 1.76 bits per heavy atom. The number of aromatic nitrogens is 4. The second kappa shape index (κ2) is 14.5. The van der Waals surface area contributed by atoms with Gasteiger partial charge in [0.2, 0.25) is 5.91 Å². The van der Waals surface area contributed by atoms with E-state index in [0.717, 1.165) is 16.7 Å². The third-order valence-electron chi connectivity index (χ3n) is 7.91. The smallest absolute Gasteiger partial charge is 0.313 e. The van der Waals surface area contributed by atoms with Crippen LogP contribution >= 0.6 is 11.6 Å². The number of fused-ring (bicyclic) bond motifs is 1. The van der Waals surface area contributed by atoms with E-state index in [1.807, 2.05) is 42.5 Å².